The number of benzene rings is 2. The summed E-state index contributed by atoms with van der Waals surface area (Å²) in [7, 11) is 1.60. The quantitative estimate of drug-likeness (QED) is 0.891. The van der Waals surface area contributed by atoms with Crippen molar-refractivity contribution in [3.05, 3.63) is 70.0 Å². The second kappa shape index (κ2) is 7.20. The van der Waals surface area contributed by atoms with Gasteiger partial charge in [-0.3, -0.25) is 4.79 Å². The highest BCUT2D eigenvalue weighted by Gasteiger charge is 2.03. The van der Waals surface area contributed by atoms with Crippen molar-refractivity contribution in [2.75, 3.05) is 7.05 Å². The van der Waals surface area contributed by atoms with Crippen molar-refractivity contribution in [3.8, 4) is 0 Å². The summed E-state index contributed by atoms with van der Waals surface area (Å²) < 4.78 is 13.3. The highest BCUT2D eigenvalue weighted by atomic mass is 35.5. The van der Waals surface area contributed by atoms with E-state index in [-0.39, 0.29) is 10.9 Å². The lowest BCUT2D eigenvalue weighted by Gasteiger charge is -2.07. The van der Waals surface area contributed by atoms with Gasteiger partial charge in [-0.2, -0.15) is 0 Å². The lowest BCUT2D eigenvalue weighted by atomic mass is 10.1. The van der Waals surface area contributed by atoms with E-state index in [4.69, 9.17) is 11.6 Å². The van der Waals surface area contributed by atoms with Crippen LogP contribution in [0.2, 0.25) is 5.02 Å². The van der Waals surface area contributed by atoms with Crippen molar-refractivity contribution in [2.45, 2.75) is 13.1 Å². The van der Waals surface area contributed by atoms with Crippen molar-refractivity contribution in [2.24, 2.45) is 0 Å². The first-order chi connectivity index (χ1) is 10.1. The summed E-state index contributed by atoms with van der Waals surface area (Å²) in [5.41, 5.74) is 2.51. The van der Waals surface area contributed by atoms with E-state index >= 15 is 0 Å². The first-order valence-electron chi connectivity index (χ1n) is 6.56. The molecule has 0 saturated heterocycles. The van der Waals surface area contributed by atoms with Crippen LogP contribution in [0.15, 0.2) is 42.5 Å². The Balaban J connectivity index is 1.88. The molecule has 3 nitrogen and oxygen atoms in total. The summed E-state index contributed by atoms with van der Waals surface area (Å²) in [6.07, 6.45) is 0. The van der Waals surface area contributed by atoms with Gasteiger partial charge in [-0.15, -0.1) is 0 Å². The molecule has 1 amide bonds. The highest BCUT2D eigenvalue weighted by Crippen LogP contribution is 2.15. The van der Waals surface area contributed by atoms with Gasteiger partial charge < -0.3 is 10.6 Å². The molecule has 110 valence electrons. The molecule has 2 aromatic rings. The molecule has 2 N–H and O–H groups in total. The van der Waals surface area contributed by atoms with Crippen LogP contribution >= 0.6 is 11.6 Å². The summed E-state index contributed by atoms with van der Waals surface area (Å²) in [5.74, 6) is -0.517. The fourth-order valence-corrected chi connectivity index (χ4v) is 2.04. The molecule has 0 aliphatic heterocycles. The number of carbonyl (C=O) groups excluding carboxylic acids is 1. The lowest BCUT2D eigenvalue weighted by molar-refractivity contribution is 0.0963. The number of nitrogens with one attached hydrogen (secondary N) is 2. The molecule has 5 heteroatoms. The third-order valence-electron chi connectivity index (χ3n) is 3.09. The predicted molar refractivity (Wildman–Crippen MR) is 81.8 cm³/mol. The van der Waals surface area contributed by atoms with E-state index in [0.29, 0.717) is 18.7 Å². The Morgan fingerprint density at radius 3 is 2.33 bits per heavy atom. The molecule has 2 aromatic carbocycles. The average molecular weight is 307 g/mol. The van der Waals surface area contributed by atoms with Gasteiger partial charge in [0, 0.05) is 25.7 Å². The largest absolute Gasteiger partial charge is 0.355 e. The van der Waals surface area contributed by atoms with Gasteiger partial charge in [0.25, 0.3) is 5.91 Å². The zero-order valence-corrected chi connectivity index (χ0v) is 12.4. The van der Waals surface area contributed by atoms with Crippen LogP contribution in [0.3, 0.4) is 0 Å². The second-order valence-corrected chi connectivity index (χ2v) is 5.04. The first-order valence-corrected chi connectivity index (χ1v) is 6.93. The summed E-state index contributed by atoms with van der Waals surface area (Å²) in [5, 5.41) is 5.92. The van der Waals surface area contributed by atoms with E-state index in [1.165, 1.54) is 6.07 Å². The van der Waals surface area contributed by atoms with Gasteiger partial charge >= 0.3 is 0 Å². The summed E-state index contributed by atoms with van der Waals surface area (Å²) in [6, 6.07) is 12.1. The Morgan fingerprint density at radius 2 is 1.71 bits per heavy atom. The van der Waals surface area contributed by atoms with E-state index in [9.17, 15) is 9.18 Å². The van der Waals surface area contributed by atoms with Crippen molar-refractivity contribution < 1.29 is 9.18 Å². The predicted octanol–water partition coefficient (Wildman–Crippen LogP) is 3.13. The molecule has 0 saturated carbocycles. The van der Waals surface area contributed by atoms with Gasteiger partial charge in [0.1, 0.15) is 5.82 Å². The van der Waals surface area contributed by atoms with Gasteiger partial charge in [0.05, 0.1) is 5.02 Å². The third kappa shape index (κ3) is 4.28. The van der Waals surface area contributed by atoms with Gasteiger partial charge in [0.15, 0.2) is 0 Å². The van der Waals surface area contributed by atoms with Crippen LogP contribution in [0.5, 0.6) is 0 Å². The summed E-state index contributed by atoms with van der Waals surface area (Å²) in [4.78, 5) is 11.4. The summed E-state index contributed by atoms with van der Waals surface area (Å²) in [6.45, 7) is 1.18. The topological polar surface area (TPSA) is 41.1 Å². The van der Waals surface area contributed by atoms with Crippen LogP contribution in [-0.2, 0) is 13.1 Å². The Kier molecular flexibility index (Phi) is 5.31. The standard InChI is InChI=1S/C16H16ClFN2O/c1-19-16(21)13-5-2-11(3-6-13)9-20-10-12-4-7-14(17)15(18)8-12/h2-8,20H,9-10H2,1H3,(H,19,21). The molecule has 21 heavy (non-hydrogen) atoms. The fourth-order valence-electron chi connectivity index (χ4n) is 1.92. The maximum Gasteiger partial charge on any atom is 0.251 e. The lowest BCUT2D eigenvalue weighted by Crippen LogP contribution is -2.18. The van der Waals surface area contributed by atoms with Crippen LogP contribution < -0.4 is 10.6 Å². The molecule has 0 fully saturated rings. The van der Waals surface area contributed by atoms with Crippen LogP contribution in [-0.4, -0.2) is 13.0 Å². The Hall–Kier alpha value is -1.91. The maximum atomic E-state index is 13.3. The van der Waals surface area contributed by atoms with Crippen molar-refractivity contribution in [1.29, 1.82) is 0 Å². The van der Waals surface area contributed by atoms with E-state index in [0.717, 1.165) is 11.1 Å². The van der Waals surface area contributed by atoms with E-state index in [1.807, 2.05) is 12.1 Å². The summed E-state index contributed by atoms with van der Waals surface area (Å²) >= 11 is 5.63. The van der Waals surface area contributed by atoms with Crippen LogP contribution in [0.4, 0.5) is 4.39 Å². The monoisotopic (exact) mass is 306 g/mol. The Morgan fingerprint density at radius 1 is 1.10 bits per heavy atom. The van der Waals surface area contributed by atoms with Crippen molar-refractivity contribution >= 4 is 17.5 Å². The van der Waals surface area contributed by atoms with Crippen LogP contribution in [0.1, 0.15) is 21.5 Å². The average Bonchev–Trinajstić information content (AvgIpc) is 2.51. The second-order valence-electron chi connectivity index (χ2n) is 4.63. The van der Waals surface area contributed by atoms with E-state index in [2.05, 4.69) is 10.6 Å². The number of amides is 1. The minimum Gasteiger partial charge on any atom is -0.355 e. The minimum absolute atomic E-state index is 0.105. The van der Waals surface area contributed by atoms with Gasteiger partial charge in [-0.1, -0.05) is 29.8 Å². The number of rotatable bonds is 5. The number of halogens is 2. The van der Waals surface area contributed by atoms with Crippen LogP contribution in [0.25, 0.3) is 0 Å². The third-order valence-corrected chi connectivity index (χ3v) is 3.39. The molecule has 0 aromatic heterocycles. The van der Waals surface area contributed by atoms with Crippen LogP contribution in [0, 0.1) is 5.82 Å². The normalized spacial score (nSPS) is 10.4. The molecule has 0 spiro atoms. The molecule has 0 aliphatic rings. The van der Waals surface area contributed by atoms with Gasteiger partial charge in [-0.25, -0.2) is 4.39 Å². The Bertz CT molecular complexity index is 629. The smallest absolute Gasteiger partial charge is 0.251 e. The Labute approximate surface area is 128 Å². The molecule has 0 atom stereocenters. The first kappa shape index (κ1) is 15.5. The van der Waals surface area contributed by atoms with Gasteiger partial charge in [-0.05, 0) is 35.4 Å². The molecule has 0 aliphatic carbocycles. The highest BCUT2D eigenvalue weighted by molar-refractivity contribution is 6.30. The molecule has 0 unspecified atom stereocenters. The molecular formula is C16H16ClFN2O. The minimum atomic E-state index is -0.411. The number of hydrogen-bond acceptors (Lipinski definition) is 2. The SMILES string of the molecule is CNC(=O)c1ccc(CNCc2ccc(Cl)c(F)c2)cc1. The van der Waals surface area contributed by atoms with Crippen molar-refractivity contribution in [1.82, 2.24) is 10.6 Å². The number of carbonyl (C=O) groups is 1. The zero-order valence-electron chi connectivity index (χ0n) is 11.6. The molecule has 0 radical (unpaired) electrons. The van der Waals surface area contributed by atoms with Crippen molar-refractivity contribution in [3.63, 3.8) is 0 Å². The zero-order chi connectivity index (χ0) is 15.2. The number of hydrogen-bond donors (Lipinski definition) is 2. The molecule has 0 bridgehead atoms. The van der Waals surface area contributed by atoms with E-state index in [1.54, 1.807) is 31.3 Å². The molecule has 0 heterocycles. The van der Waals surface area contributed by atoms with Gasteiger partial charge in [0.2, 0.25) is 0 Å². The maximum absolute atomic E-state index is 13.3. The molecule has 2 rings (SSSR count). The fraction of sp³-hybridized carbons (Fsp3) is 0.188. The van der Waals surface area contributed by atoms with E-state index < -0.39 is 5.82 Å². The molecular weight excluding hydrogens is 291 g/mol.